The molecule has 1 aliphatic carbocycles. The Morgan fingerprint density at radius 2 is 1.89 bits per heavy atom. The number of hydrogen-bond acceptors (Lipinski definition) is 2. The number of ketones is 1. The molecule has 0 unspecified atom stereocenters. The van der Waals surface area contributed by atoms with Gasteiger partial charge in [-0.15, -0.1) is 0 Å². The highest BCUT2D eigenvalue weighted by Crippen LogP contribution is 2.31. The first-order valence-corrected chi connectivity index (χ1v) is 6.63. The molecule has 1 aromatic carbocycles. The second-order valence-corrected chi connectivity index (χ2v) is 5.92. The van der Waals surface area contributed by atoms with E-state index >= 15 is 0 Å². The van der Waals surface area contributed by atoms with E-state index in [-0.39, 0.29) is 5.41 Å². The second kappa shape index (κ2) is 5.47. The molecule has 1 saturated carbocycles. The third-order valence-electron chi connectivity index (χ3n) is 3.34. The molecule has 0 radical (unpaired) electrons. The molecule has 0 amide bonds. The highest BCUT2D eigenvalue weighted by molar-refractivity contribution is 6.04. The molecule has 0 bridgehead atoms. The van der Waals surface area contributed by atoms with Crippen molar-refractivity contribution >= 4 is 11.5 Å². The minimum atomic E-state index is 0.0981. The number of carbonyl (C=O) groups excluding carboxylic acids is 1. The van der Waals surface area contributed by atoms with Gasteiger partial charge in [-0.3, -0.25) is 9.79 Å². The first-order valence-electron chi connectivity index (χ1n) is 6.63. The van der Waals surface area contributed by atoms with Crippen molar-refractivity contribution < 1.29 is 4.79 Å². The predicted molar refractivity (Wildman–Crippen MR) is 75.1 cm³/mol. The van der Waals surface area contributed by atoms with Crippen molar-refractivity contribution in [3.63, 3.8) is 0 Å². The number of benzene rings is 1. The van der Waals surface area contributed by atoms with E-state index in [1.807, 2.05) is 6.07 Å². The third kappa shape index (κ3) is 3.80. The average molecular weight is 243 g/mol. The maximum Gasteiger partial charge on any atom is 0.139 e. The van der Waals surface area contributed by atoms with Crippen molar-refractivity contribution in [1.82, 2.24) is 0 Å². The van der Waals surface area contributed by atoms with Crippen molar-refractivity contribution in [1.29, 1.82) is 0 Å². The van der Waals surface area contributed by atoms with Gasteiger partial charge in [0.1, 0.15) is 5.78 Å². The van der Waals surface area contributed by atoms with Crippen LogP contribution in [0.2, 0.25) is 0 Å². The van der Waals surface area contributed by atoms with Crippen LogP contribution in [0.1, 0.15) is 38.7 Å². The highest BCUT2D eigenvalue weighted by atomic mass is 16.1. The largest absolute Gasteiger partial charge is 0.299 e. The van der Waals surface area contributed by atoms with Gasteiger partial charge in [-0.2, -0.15) is 0 Å². The lowest BCUT2D eigenvalue weighted by Crippen LogP contribution is -2.29. The summed E-state index contributed by atoms with van der Waals surface area (Å²) in [4.78, 5) is 16.3. The smallest absolute Gasteiger partial charge is 0.139 e. The Morgan fingerprint density at radius 1 is 1.17 bits per heavy atom. The van der Waals surface area contributed by atoms with Gasteiger partial charge in [0.05, 0.1) is 0 Å². The zero-order chi connectivity index (χ0) is 13.0. The molecule has 1 aliphatic rings. The van der Waals surface area contributed by atoms with E-state index in [1.165, 1.54) is 5.56 Å². The fraction of sp³-hybridized carbons (Fsp3) is 0.500. The van der Waals surface area contributed by atoms with E-state index in [9.17, 15) is 4.79 Å². The van der Waals surface area contributed by atoms with Gasteiger partial charge in [0.2, 0.25) is 0 Å². The summed E-state index contributed by atoms with van der Waals surface area (Å²) in [7, 11) is 0. The van der Waals surface area contributed by atoms with Crippen molar-refractivity contribution in [2.45, 2.75) is 39.5 Å². The van der Waals surface area contributed by atoms with Gasteiger partial charge in [-0.05, 0) is 23.8 Å². The van der Waals surface area contributed by atoms with Crippen LogP contribution in [0, 0.1) is 5.41 Å². The molecule has 0 aromatic heterocycles. The quantitative estimate of drug-likeness (QED) is 0.799. The molecule has 2 rings (SSSR count). The normalized spacial score (nSPS) is 21.2. The molecule has 2 heteroatoms. The molecule has 0 N–H and O–H groups in total. The van der Waals surface area contributed by atoms with Gasteiger partial charge in [-0.25, -0.2) is 0 Å². The first-order chi connectivity index (χ1) is 8.55. The Morgan fingerprint density at radius 3 is 2.56 bits per heavy atom. The lowest BCUT2D eigenvalue weighted by molar-refractivity contribution is -0.120. The van der Waals surface area contributed by atoms with Crippen LogP contribution in [0.15, 0.2) is 35.3 Å². The van der Waals surface area contributed by atoms with Crippen molar-refractivity contribution in [3.05, 3.63) is 35.9 Å². The standard InChI is InChI=1S/C16H21NO/c1-16(2)11-14(10-15(18)12-16)17-9-8-13-6-4-3-5-7-13/h3-7H,8-12H2,1-2H3. The third-order valence-corrected chi connectivity index (χ3v) is 3.34. The monoisotopic (exact) mass is 243 g/mol. The summed E-state index contributed by atoms with van der Waals surface area (Å²) in [5, 5.41) is 0. The molecule has 96 valence electrons. The Balaban J connectivity index is 1.91. The summed E-state index contributed by atoms with van der Waals surface area (Å²) in [5.41, 5.74) is 2.50. The Hall–Kier alpha value is -1.44. The second-order valence-electron chi connectivity index (χ2n) is 5.92. The summed E-state index contributed by atoms with van der Waals surface area (Å²) in [6.07, 6.45) is 3.19. The molecular formula is C16H21NO. The van der Waals surface area contributed by atoms with Crippen LogP contribution in [-0.4, -0.2) is 18.0 Å². The van der Waals surface area contributed by atoms with Gasteiger partial charge in [0.15, 0.2) is 0 Å². The molecule has 2 nitrogen and oxygen atoms in total. The van der Waals surface area contributed by atoms with Crippen LogP contribution in [0.3, 0.4) is 0 Å². The topological polar surface area (TPSA) is 29.4 Å². The molecule has 0 heterocycles. The van der Waals surface area contributed by atoms with E-state index in [1.54, 1.807) is 0 Å². The first kappa shape index (κ1) is 13.0. The van der Waals surface area contributed by atoms with Crippen LogP contribution in [0.25, 0.3) is 0 Å². The number of hydrogen-bond donors (Lipinski definition) is 0. The number of Topliss-reactive ketones (excluding diaryl/α,β-unsaturated/α-hetero) is 1. The number of carbonyl (C=O) groups is 1. The lowest BCUT2D eigenvalue weighted by atomic mass is 9.76. The van der Waals surface area contributed by atoms with Crippen LogP contribution in [-0.2, 0) is 11.2 Å². The Bertz CT molecular complexity index is 445. The van der Waals surface area contributed by atoms with Crippen molar-refractivity contribution in [3.8, 4) is 0 Å². The number of nitrogens with zero attached hydrogens (tertiary/aromatic N) is 1. The molecule has 0 saturated heterocycles. The van der Waals surface area contributed by atoms with Gasteiger partial charge in [0.25, 0.3) is 0 Å². The zero-order valence-corrected chi connectivity index (χ0v) is 11.3. The van der Waals surface area contributed by atoms with E-state index in [0.29, 0.717) is 18.6 Å². The molecular weight excluding hydrogens is 222 g/mol. The Labute approximate surface area is 109 Å². The molecule has 0 atom stereocenters. The van der Waals surface area contributed by atoms with E-state index < -0.39 is 0 Å². The highest BCUT2D eigenvalue weighted by Gasteiger charge is 2.29. The summed E-state index contributed by atoms with van der Waals surface area (Å²) < 4.78 is 0. The summed E-state index contributed by atoms with van der Waals surface area (Å²) in [6, 6.07) is 10.4. The average Bonchev–Trinajstić information content (AvgIpc) is 2.27. The van der Waals surface area contributed by atoms with E-state index in [2.05, 4.69) is 43.1 Å². The molecule has 1 aromatic rings. The Kier molecular flexibility index (Phi) is 3.95. The molecule has 1 fully saturated rings. The lowest BCUT2D eigenvalue weighted by Gasteiger charge is -2.29. The van der Waals surface area contributed by atoms with Gasteiger partial charge >= 0.3 is 0 Å². The molecule has 0 aliphatic heterocycles. The number of rotatable bonds is 3. The van der Waals surface area contributed by atoms with Crippen LogP contribution < -0.4 is 0 Å². The zero-order valence-electron chi connectivity index (χ0n) is 11.3. The summed E-state index contributed by atoms with van der Waals surface area (Å²) in [6.45, 7) is 5.09. The van der Waals surface area contributed by atoms with Crippen molar-refractivity contribution in [2.75, 3.05) is 6.54 Å². The SMILES string of the molecule is CC1(C)CC(=O)CC(=NCCc2ccccc2)C1. The van der Waals surface area contributed by atoms with E-state index in [0.717, 1.165) is 25.1 Å². The fourth-order valence-electron chi connectivity index (χ4n) is 2.60. The minimum Gasteiger partial charge on any atom is -0.299 e. The van der Waals surface area contributed by atoms with Crippen molar-refractivity contribution in [2.24, 2.45) is 10.4 Å². The maximum absolute atomic E-state index is 11.6. The predicted octanol–water partition coefficient (Wildman–Crippen LogP) is 3.45. The maximum atomic E-state index is 11.6. The fourth-order valence-corrected chi connectivity index (χ4v) is 2.60. The van der Waals surface area contributed by atoms with E-state index in [4.69, 9.17) is 0 Å². The minimum absolute atomic E-state index is 0.0981. The molecule has 18 heavy (non-hydrogen) atoms. The van der Waals surface area contributed by atoms with Gasteiger partial charge in [0, 0.05) is 25.1 Å². The van der Waals surface area contributed by atoms with Gasteiger partial charge < -0.3 is 0 Å². The molecule has 0 spiro atoms. The van der Waals surface area contributed by atoms with Crippen LogP contribution in [0.4, 0.5) is 0 Å². The van der Waals surface area contributed by atoms with Gasteiger partial charge in [-0.1, -0.05) is 44.2 Å². The van der Waals surface area contributed by atoms with Crippen LogP contribution >= 0.6 is 0 Å². The summed E-state index contributed by atoms with van der Waals surface area (Å²) >= 11 is 0. The number of aliphatic imine (C=N–C) groups is 1. The summed E-state index contributed by atoms with van der Waals surface area (Å²) in [5.74, 6) is 0.338. The van der Waals surface area contributed by atoms with Crippen LogP contribution in [0.5, 0.6) is 0 Å².